The third-order valence-corrected chi connectivity index (χ3v) is 4.29. The van der Waals surface area contributed by atoms with Crippen molar-refractivity contribution in [3.63, 3.8) is 0 Å². The summed E-state index contributed by atoms with van der Waals surface area (Å²) in [5.74, 6) is -0.141. The number of nitrogens with zero attached hydrogens (tertiary/aromatic N) is 1. The van der Waals surface area contributed by atoms with Gasteiger partial charge in [-0.15, -0.1) is 0 Å². The Labute approximate surface area is 154 Å². The van der Waals surface area contributed by atoms with Crippen LogP contribution in [0, 0.1) is 20.8 Å². The lowest BCUT2D eigenvalue weighted by Crippen LogP contribution is -2.14. The molecule has 0 saturated carbocycles. The van der Waals surface area contributed by atoms with Crippen LogP contribution in [0.1, 0.15) is 32.6 Å². The van der Waals surface area contributed by atoms with Crippen LogP contribution in [0.4, 0.5) is 11.4 Å². The number of anilines is 1. The van der Waals surface area contributed by atoms with Gasteiger partial charge < -0.3 is 5.32 Å². The zero-order chi connectivity index (χ0) is 18.5. The Hall–Kier alpha value is -3.20. The Bertz CT molecular complexity index is 936. The molecule has 130 valence electrons. The Kier molecular flexibility index (Phi) is 5.28. The summed E-state index contributed by atoms with van der Waals surface area (Å²) in [6.45, 7) is 6.09. The van der Waals surface area contributed by atoms with Gasteiger partial charge in [0.2, 0.25) is 0 Å². The van der Waals surface area contributed by atoms with E-state index in [0.29, 0.717) is 5.56 Å². The lowest BCUT2D eigenvalue weighted by Gasteiger charge is -2.08. The van der Waals surface area contributed by atoms with Gasteiger partial charge >= 0.3 is 0 Å². The SMILES string of the molecule is Cc1ccc(NC(=O)c2ccccc2C=Nc2c(C)cccc2C)cc1. The average molecular weight is 342 g/mol. The van der Waals surface area contributed by atoms with E-state index in [0.717, 1.165) is 33.6 Å². The highest BCUT2D eigenvalue weighted by Gasteiger charge is 2.10. The molecule has 26 heavy (non-hydrogen) atoms. The van der Waals surface area contributed by atoms with Crippen molar-refractivity contribution in [1.29, 1.82) is 0 Å². The normalized spacial score (nSPS) is 10.9. The molecule has 0 aliphatic rings. The first-order chi connectivity index (χ1) is 12.5. The molecule has 0 fully saturated rings. The predicted molar refractivity (Wildman–Crippen MR) is 109 cm³/mol. The van der Waals surface area contributed by atoms with Crippen LogP contribution in [0.2, 0.25) is 0 Å². The fourth-order valence-electron chi connectivity index (χ4n) is 2.80. The Morgan fingerprint density at radius 3 is 2.19 bits per heavy atom. The van der Waals surface area contributed by atoms with Gasteiger partial charge in [-0.25, -0.2) is 0 Å². The second-order valence-electron chi connectivity index (χ2n) is 6.41. The molecule has 3 aromatic rings. The van der Waals surface area contributed by atoms with E-state index in [2.05, 4.69) is 10.3 Å². The van der Waals surface area contributed by atoms with Crippen LogP contribution < -0.4 is 5.32 Å². The molecule has 0 radical (unpaired) electrons. The smallest absolute Gasteiger partial charge is 0.256 e. The number of aryl methyl sites for hydroxylation is 3. The molecule has 3 aromatic carbocycles. The van der Waals surface area contributed by atoms with Crippen molar-refractivity contribution in [1.82, 2.24) is 0 Å². The molecule has 0 bridgehead atoms. The molecule has 0 atom stereocenters. The molecular weight excluding hydrogens is 320 g/mol. The number of nitrogens with one attached hydrogen (secondary N) is 1. The standard InChI is InChI=1S/C23H22N2O/c1-16-11-13-20(14-12-16)25-23(26)21-10-5-4-9-19(21)15-24-22-17(2)7-6-8-18(22)3/h4-15H,1-3H3,(H,25,26). The van der Waals surface area contributed by atoms with Gasteiger partial charge in [-0.05, 0) is 50.1 Å². The summed E-state index contributed by atoms with van der Waals surface area (Å²) in [6, 6.07) is 21.3. The molecular formula is C23H22N2O. The van der Waals surface area contributed by atoms with E-state index >= 15 is 0 Å². The van der Waals surface area contributed by atoms with Crippen molar-refractivity contribution in [2.75, 3.05) is 5.32 Å². The van der Waals surface area contributed by atoms with Crippen molar-refractivity contribution in [2.45, 2.75) is 20.8 Å². The number of aliphatic imine (C=N–C) groups is 1. The van der Waals surface area contributed by atoms with Gasteiger partial charge in [0, 0.05) is 23.0 Å². The number of rotatable bonds is 4. The molecule has 0 heterocycles. The second kappa shape index (κ2) is 7.79. The predicted octanol–water partition coefficient (Wildman–Crippen LogP) is 5.61. The van der Waals surface area contributed by atoms with Crippen LogP contribution in [-0.4, -0.2) is 12.1 Å². The fourth-order valence-corrected chi connectivity index (χ4v) is 2.80. The molecule has 0 unspecified atom stereocenters. The number of hydrogen-bond acceptors (Lipinski definition) is 2. The van der Waals surface area contributed by atoms with Crippen molar-refractivity contribution < 1.29 is 4.79 Å². The minimum absolute atomic E-state index is 0.141. The summed E-state index contributed by atoms with van der Waals surface area (Å²) in [5, 5.41) is 2.95. The van der Waals surface area contributed by atoms with Gasteiger partial charge in [0.25, 0.3) is 5.91 Å². The van der Waals surface area contributed by atoms with Gasteiger partial charge in [-0.2, -0.15) is 0 Å². The van der Waals surface area contributed by atoms with E-state index in [-0.39, 0.29) is 5.91 Å². The molecule has 0 spiro atoms. The van der Waals surface area contributed by atoms with E-state index in [1.165, 1.54) is 0 Å². The first-order valence-electron chi connectivity index (χ1n) is 8.62. The van der Waals surface area contributed by atoms with Crippen molar-refractivity contribution >= 4 is 23.5 Å². The quantitative estimate of drug-likeness (QED) is 0.615. The number of benzene rings is 3. The topological polar surface area (TPSA) is 41.5 Å². The van der Waals surface area contributed by atoms with E-state index in [1.54, 1.807) is 6.21 Å². The number of hydrogen-bond donors (Lipinski definition) is 1. The Balaban J connectivity index is 1.87. The zero-order valence-electron chi connectivity index (χ0n) is 15.3. The second-order valence-corrected chi connectivity index (χ2v) is 6.41. The maximum atomic E-state index is 12.7. The molecule has 0 aromatic heterocycles. The molecule has 1 amide bonds. The van der Waals surface area contributed by atoms with E-state index in [4.69, 9.17) is 0 Å². The van der Waals surface area contributed by atoms with Crippen LogP contribution in [-0.2, 0) is 0 Å². The van der Waals surface area contributed by atoms with Gasteiger partial charge in [0.05, 0.1) is 5.69 Å². The third-order valence-electron chi connectivity index (χ3n) is 4.29. The highest BCUT2D eigenvalue weighted by Crippen LogP contribution is 2.23. The summed E-state index contributed by atoms with van der Waals surface area (Å²) < 4.78 is 0. The monoisotopic (exact) mass is 342 g/mol. The summed E-state index contributed by atoms with van der Waals surface area (Å²) in [7, 11) is 0. The minimum atomic E-state index is -0.141. The van der Waals surface area contributed by atoms with Crippen molar-refractivity contribution in [2.24, 2.45) is 4.99 Å². The summed E-state index contributed by atoms with van der Waals surface area (Å²) in [5.41, 5.74) is 6.50. The third kappa shape index (κ3) is 4.06. The maximum Gasteiger partial charge on any atom is 0.256 e. The largest absolute Gasteiger partial charge is 0.322 e. The van der Waals surface area contributed by atoms with Crippen molar-refractivity contribution in [3.8, 4) is 0 Å². The van der Waals surface area contributed by atoms with Crippen LogP contribution >= 0.6 is 0 Å². The highest BCUT2D eigenvalue weighted by atomic mass is 16.1. The van der Waals surface area contributed by atoms with Gasteiger partial charge in [0.1, 0.15) is 0 Å². The molecule has 0 aliphatic heterocycles. The van der Waals surface area contributed by atoms with E-state index in [1.807, 2.05) is 87.5 Å². The van der Waals surface area contributed by atoms with Gasteiger partial charge in [-0.3, -0.25) is 9.79 Å². The number of para-hydroxylation sites is 1. The minimum Gasteiger partial charge on any atom is -0.322 e. The zero-order valence-corrected chi connectivity index (χ0v) is 15.3. The van der Waals surface area contributed by atoms with Crippen LogP contribution in [0.5, 0.6) is 0 Å². The molecule has 0 aliphatic carbocycles. The van der Waals surface area contributed by atoms with Crippen LogP contribution in [0.25, 0.3) is 0 Å². The van der Waals surface area contributed by atoms with E-state index in [9.17, 15) is 4.79 Å². The summed E-state index contributed by atoms with van der Waals surface area (Å²) in [6.07, 6.45) is 1.76. The molecule has 0 saturated heterocycles. The number of carbonyl (C=O) groups excluding carboxylic acids is 1. The fraction of sp³-hybridized carbons (Fsp3) is 0.130. The lowest BCUT2D eigenvalue weighted by atomic mass is 10.1. The van der Waals surface area contributed by atoms with Crippen molar-refractivity contribution in [3.05, 3.63) is 94.5 Å². The Morgan fingerprint density at radius 2 is 1.50 bits per heavy atom. The first-order valence-corrected chi connectivity index (χ1v) is 8.62. The van der Waals surface area contributed by atoms with E-state index < -0.39 is 0 Å². The summed E-state index contributed by atoms with van der Waals surface area (Å²) >= 11 is 0. The number of carbonyl (C=O) groups is 1. The molecule has 3 nitrogen and oxygen atoms in total. The average Bonchev–Trinajstić information content (AvgIpc) is 2.63. The first kappa shape index (κ1) is 17.6. The molecule has 3 heteroatoms. The van der Waals surface area contributed by atoms with Gasteiger partial charge in [-0.1, -0.05) is 54.1 Å². The molecule has 1 N–H and O–H groups in total. The lowest BCUT2D eigenvalue weighted by molar-refractivity contribution is 0.102. The highest BCUT2D eigenvalue weighted by molar-refractivity contribution is 6.09. The molecule has 3 rings (SSSR count). The Morgan fingerprint density at radius 1 is 0.846 bits per heavy atom. The maximum absolute atomic E-state index is 12.7. The van der Waals surface area contributed by atoms with Crippen LogP contribution in [0.15, 0.2) is 71.7 Å². The summed E-state index contributed by atoms with van der Waals surface area (Å²) in [4.78, 5) is 17.3. The van der Waals surface area contributed by atoms with Gasteiger partial charge in [0.15, 0.2) is 0 Å². The van der Waals surface area contributed by atoms with Crippen LogP contribution in [0.3, 0.4) is 0 Å². The number of amides is 1.